The van der Waals surface area contributed by atoms with Crippen LogP contribution in [-0.4, -0.2) is 31.6 Å². The molecule has 0 fully saturated rings. The van der Waals surface area contributed by atoms with Crippen LogP contribution in [0.1, 0.15) is 65.7 Å². The molecule has 5 heteroatoms. The van der Waals surface area contributed by atoms with Crippen molar-refractivity contribution in [1.29, 1.82) is 0 Å². The van der Waals surface area contributed by atoms with Crippen molar-refractivity contribution in [3.05, 3.63) is 34.4 Å². The van der Waals surface area contributed by atoms with E-state index in [0.717, 1.165) is 19.3 Å². The van der Waals surface area contributed by atoms with Crippen LogP contribution in [-0.2, 0) is 4.79 Å². The number of ketones is 3. The van der Waals surface area contributed by atoms with Crippen molar-refractivity contribution in [3.63, 3.8) is 0 Å². The first-order valence-corrected chi connectivity index (χ1v) is 8.66. The Morgan fingerprint density at radius 3 is 1.76 bits per heavy atom. The standard InChI is InChI=1S/C20H22O5/c1-24-15-10-11-16(25-2)18-17(15)19(22)13-7-5-3-4-6-12(21)8-9-14(13)20(18)23/h10-11H,3-9H2,1-2H3. The predicted molar refractivity (Wildman–Crippen MR) is 92.6 cm³/mol. The van der Waals surface area contributed by atoms with Gasteiger partial charge < -0.3 is 9.47 Å². The average molecular weight is 342 g/mol. The number of carbonyl (C=O) groups is 3. The third-order valence-electron chi connectivity index (χ3n) is 4.97. The minimum absolute atomic E-state index is 0.150. The molecule has 0 atom stereocenters. The average Bonchev–Trinajstić information content (AvgIpc) is 2.63. The monoisotopic (exact) mass is 342 g/mol. The summed E-state index contributed by atoms with van der Waals surface area (Å²) in [6.45, 7) is 0. The van der Waals surface area contributed by atoms with Crippen LogP contribution in [0.15, 0.2) is 23.3 Å². The second-order valence-corrected chi connectivity index (χ2v) is 6.43. The molecular formula is C20H22O5. The predicted octanol–water partition coefficient (Wildman–Crippen LogP) is 3.69. The summed E-state index contributed by atoms with van der Waals surface area (Å²) in [7, 11) is 2.95. The van der Waals surface area contributed by atoms with Gasteiger partial charge in [-0.05, 0) is 37.8 Å². The Bertz CT molecular complexity index is 773. The quantitative estimate of drug-likeness (QED) is 0.820. The Kier molecular flexibility index (Phi) is 5.02. The van der Waals surface area contributed by atoms with Crippen LogP contribution >= 0.6 is 0 Å². The van der Waals surface area contributed by atoms with E-state index < -0.39 is 0 Å². The SMILES string of the molecule is COc1ccc(OC)c2c1C(=O)C1=C(CCC(=O)CCCCC1)C2=O. The van der Waals surface area contributed by atoms with Crippen molar-refractivity contribution >= 4 is 17.3 Å². The van der Waals surface area contributed by atoms with Gasteiger partial charge in [0, 0.05) is 24.0 Å². The maximum Gasteiger partial charge on any atom is 0.194 e. The molecule has 0 heterocycles. The van der Waals surface area contributed by atoms with Crippen molar-refractivity contribution in [2.45, 2.75) is 44.9 Å². The van der Waals surface area contributed by atoms with Gasteiger partial charge in [-0.3, -0.25) is 14.4 Å². The van der Waals surface area contributed by atoms with E-state index in [2.05, 4.69) is 0 Å². The molecule has 1 aromatic rings. The summed E-state index contributed by atoms with van der Waals surface area (Å²) in [5, 5.41) is 0. The molecule has 0 saturated heterocycles. The zero-order chi connectivity index (χ0) is 18.0. The number of benzene rings is 1. The normalized spacial score (nSPS) is 18.6. The van der Waals surface area contributed by atoms with Gasteiger partial charge in [0.25, 0.3) is 0 Å². The van der Waals surface area contributed by atoms with Crippen molar-refractivity contribution < 1.29 is 23.9 Å². The van der Waals surface area contributed by atoms with E-state index in [1.165, 1.54) is 14.2 Å². The molecule has 25 heavy (non-hydrogen) atoms. The van der Waals surface area contributed by atoms with Crippen molar-refractivity contribution in [2.24, 2.45) is 0 Å². The zero-order valence-electron chi connectivity index (χ0n) is 14.6. The fraction of sp³-hybridized carbons (Fsp3) is 0.450. The largest absolute Gasteiger partial charge is 0.496 e. The van der Waals surface area contributed by atoms with Crippen LogP contribution in [0.2, 0.25) is 0 Å². The van der Waals surface area contributed by atoms with E-state index >= 15 is 0 Å². The first kappa shape index (κ1) is 17.4. The molecule has 0 radical (unpaired) electrons. The maximum absolute atomic E-state index is 13.2. The van der Waals surface area contributed by atoms with Gasteiger partial charge in [-0.2, -0.15) is 0 Å². The maximum atomic E-state index is 13.2. The topological polar surface area (TPSA) is 69.7 Å². The van der Waals surface area contributed by atoms with E-state index in [1.54, 1.807) is 12.1 Å². The highest BCUT2D eigenvalue weighted by Crippen LogP contribution is 2.40. The number of allylic oxidation sites excluding steroid dienone is 2. The number of Topliss-reactive ketones (excluding diaryl/α,β-unsaturated/α-hetero) is 3. The van der Waals surface area contributed by atoms with E-state index in [4.69, 9.17) is 9.47 Å². The summed E-state index contributed by atoms with van der Waals surface area (Å²) >= 11 is 0. The van der Waals surface area contributed by atoms with E-state index in [-0.39, 0.29) is 28.5 Å². The number of hydrogen-bond donors (Lipinski definition) is 0. The Labute approximate surface area is 147 Å². The number of carbonyl (C=O) groups excluding carboxylic acids is 3. The summed E-state index contributed by atoms with van der Waals surface area (Å²) in [5.41, 5.74) is 1.56. The van der Waals surface area contributed by atoms with Crippen LogP contribution in [0.3, 0.4) is 0 Å². The second-order valence-electron chi connectivity index (χ2n) is 6.43. The molecule has 0 unspecified atom stereocenters. The molecule has 0 aliphatic heterocycles. The minimum Gasteiger partial charge on any atom is -0.496 e. The Hall–Kier alpha value is -2.43. The first-order chi connectivity index (χ1) is 12.1. The summed E-state index contributed by atoms with van der Waals surface area (Å²) in [6, 6.07) is 3.29. The zero-order valence-corrected chi connectivity index (χ0v) is 14.6. The number of ether oxygens (including phenoxy) is 2. The Balaban J connectivity index is 2.14. The third kappa shape index (κ3) is 3.11. The minimum atomic E-state index is -0.214. The lowest BCUT2D eigenvalue weighted by Crippen LogP contribution is -2.24. The Morgan fingerprint density at radius 1 is 0.680 bits per heavy atom. The molecule has 5 nitrogen and oxygen atoms in total. The molecule has 132 valence electrons. The summed E-state index contributed by atoms with van der Waals surface area (Å²) < 4.78 is 10.6. The first-order valence-electron chi connectivity index (χ1n) is 8.66. The van der Waals surface area contributed by atoms with Gasteiger partial charge in [0.1, 0.15) is 17.3 Å². The number of hydrogen-bond acceptors (Lipinski definition) is 5. The molecule has 1 aromatic carbocycles. The molecule has 0 N–H and O–H groups in total. The lowest BCUT2D eigenvalue weighted by molar-refractivity contribution is -0.119. The van der Waals surface area contributed by atoms with Gasteiger partial charge in [0.15, 0.2) is 11.6 Å². The smallest absolute Gasteiger partial charge is 0.194 e. The summed E-state index contributed by atoms with van der Waals surface area (Å²) in [5.74, 6) is 0.512. The van der Waals surface area contributed by atoms with Crippen LogP contribution in [0.4, 0.5) is 0 Å². The van der Waals surface area contributed by atoms with Crippen molar-refractivity contribution in [1.82, 2.24) is 0 Å². The van der Waals surface area contributed by atoms with Crippen molar-refractivity contribution in [3.8, 4) is 11.5 Å². The molecule has 0 amide bonds. The van der Waals surface area contributed by atoms with Gasteiger partial charge >= 0.3 is 0 Å². The van der Waals surface area contributed by atoms with Crippen LogP contribution < -0.4 is 9.47 Å². The van der Waals surface area contributed by atoms with Crippen LogP contribution in [0.5, 0.6) is 11.5 Å². The second kappa shape index (κ2) is 7.21. The van der Waals surface area contributed by atoms with Gasteiger partial charge in [0.2, 0.25) is 0 Å². The molecule has 3 rings (SSSR count). The van der Waals surface area contributed by atoms with Gasteiger partial charge in [-0.15, -0.1) is 0 Å². The number of rotatable bonds is 2. The lowest BCUT2D eigenvalue weighted by Gasteiger charge is -2.25. The molecule has 0 saturated carbocycles. The summed E-state index contributed by atoms with van der Waals surface area (Å²) in [4.78, 5) is 38.3. The highest BCUT2D eigenvalue weighted by atomic mass is 16.5. The number of methoxy groups -OCH3 is 2. The van der Waals surface area contributed by atoms with E-state index in [9.17, 15) is 14.4 Å². The van der Waals surface area contributed by atoms with Crippen molar-refractivity contribution in [2.75, 3.05) is 14.2 Å². The molecular weight excluding hydrogens is 320 g/mol. The highest BCUT2D eigenvalue weighted by molar-refractivity contribution is 6.29. The van der Waals surface area contributed by atoms with Crippen LogP contribution in [0.25, 0.3) is 0 Å². The van der Waals surface area contributed by atoms with E-state index in [0.29, 0.717) is 48.3 Å². The van der Waals surface area contributed by atoms with Gasteiger partial charge in [0.05, 0.1) is 25.3 Å². The highest BCUT2D eigenvalue weighted by Gasteiger charge is 2.36. The molecule has 2 aliphatic rings. The third-order valence-corrected chi connectivity index (χ3v) is 4.97. The van der Waals surface area contributed by atoms with Crippen LogP contribution in [0, 0.1) is 0 Å². The Morgan fingerprint density at radius 2 is 1.20 bits per heavy atom. The van der Waals surface area contributed by atoms with Gasteiger partial charge in [-0.25, -0.2) is 0 Å². The number of fused-ring (bicyclic) bond motifs is 1. The molecule has 2 aliphatic carbocycles. The lowest BCUT2D eigenvalue weighted by atomic mass is 9.78. The van der Waals surface area contributed by atoms with Gasteiger partial charge in [-0.1, -0.05) is 6.42 Å². The molecule has 0 spiro atoms. The fourth-order valence-corrected chi connectivity index (χ4v) is 3.65. The molecule has 0 bridgehead atoms. The molecule has 0 aromatic heterocycles. The summed E-state index contributed by atoms with van der Waals surface area (Å²) in [6.07, 6.45) is 4.26. The van der Waals surface area contributed by atoms with E-state index in [1.807, 2.05) is 0 Å². The fourth-order valence-electron chi connectivity index (χ4n) is 3.65.